The van der Waals surface area contributed by atoms with Gasteiger partial charge in [0.15, 0.2) is 0 Å². The van der Waals surface area contributed by atoms with Crippen molar-refractivity contribution in [1.82, 2.24) is 19.7 Å². The van der Waals surface area contributed by atoms with Gasteiger partial charge in [0.05, 0.1) is 17.8 Å². The van der Waals surface area contributed by atoms with Crippen LogP contribution in [0, 0.1) is 18.7 Å². The minimum absolute atomic E-state index is 0.0815. The molecule has 0 bridgehead atoms. The van der Waals surface area contributed by atoms with Gasteiger partial charge < -0.3 is 4.90 Å². The van der Waals surface area contributed by atoms with Gasteiger partial charge in [-0.05, 0) is 25.1 Å². The number of anilines is 1. The van der Waals surface area contributed by atoms with Gasteiger partial charge in [0.25, 0.3) is 5.56 Å². The van der Waals surface area contributed by atoms with E-state index in [0.29, 0.717) is 18.0 Å². The van der Waals surface area contributed by atoms with Gasteiger partial charge in [0.1, 0.15) is 18.0 Å². The zero-order valence-electron chi connectivity index (χ0n) is 13.2. The first-order chi connectivity index (χ1) is 11.6. The number of nitrogens with zero attached hydrogens (tertiary/aromatic N) is 5. The standard InChI is InChI=1S/C17H16FN5O/c1-11-2-5-16(24)23(21-11)9-12-7-22(8-12)17-14-4-3-13(18)6-15(14)19-10-20-17/h2-6,10,12H,7-9H2,1H3. The zero-order valence-corrected chi connectivity index (χ0v) is 13.2. The average molecular weight is 325 g/mol. The molecule has 0 spiro atoms. The molecular formula is C17H16FN5O. The third-order valence-corrected chi connectivity index (χ3v) is 4.27. The van der Waals surface area contributed by atoms with E-state index in [-0.39, 0.29) is 11.4 Å². The summed E-state index contributed by atoms with van der Waals surface area (Å²) in [6, 6.07) is 7.81. The Morgan fingerprint density at radius 3 is 2.88 bits per heavy atom. The van der Waals surface area contributed by atoms with Crippen LogP contribution in [-0.2, 0) is 6.54 Å². The highest BCUT2D eigenvalue weighted by Crippen LogP contribution is 2.29. The first-order valence-electron chi connectivity index (χ1n) is 7.80. The summed E-state index contributed by atoms with van der Waals surface area (Å²) in [5.74, 6) is 0.835. The van der Waals surface area contributed by atoms with Crippen molar-refractivity contribution in [2.75, 3.05) is 18.0 Å². The van der Waals surface area contributed by atoms with E-state index in [0.717, 1.165) is 30.0 Å². The van der Waals surface area contributed by atoms with Crippen LogP contribution in [-0.4, -0.2) is 32.8 Å². The van der Waals surface area contributed by atoms with Gasteiger partial charge in [-0.25, -0.2) is 19.0 Å². The molecule has 0 radical (unpaired) electrons. The summed E-state index contributed by atoms with van der Waals surface area (Å²) in [5, 5.41) is 5.11. The van der Waals surface area contributed by atoms with Crippen molar-refractivity contribution in [2.45, 2.75) is 13.5 Å². The lowest BCUT2D eigenvalue weighted by molar-refractivity contribution is 0.332. The van der Waals surface area contributed by atoms with Crippen LogP contribution in [0.3, 0.4) is 0 Å². The molecule has 0 unspecified atom stereocenters. The van der Waals surface area contributed by atoms with Crippen LogP contribution in [0.5, 0.6) is 0 Å². The number of rotatable bonds is 3. The quantitative estimate of drug-likeness (QED) is 0.734. The molecule has 0 saturated carbocycles. The maximum atomic E-state index is 13.3. The fraction of sp³-hybridized carbons (Fsp3) is 0.294. The fourth-order valence-electron chi connectivity index (χ4n) is 3.05. The van der Waals surface area contributed by atoms with E-state index in [4.69, 9.17) is 0 Å². The lowest BCUT2D eigenvalue weighted by Gasteiger charge is -2.40. The summed E-state index contributed by atoms with van der Waals surface area (Å²) < 4.78 is 14.8. The molecule has 1 fully saturated rings. The second-order valence-electron chi connectivity index (χ2n) is 6.12. The molecule has 0 atom stereocenters. The highest BCUT2D eigenvalue weighted by molar-refractivity contribution is 5.89. The first kappa shape index (κ1) is 14.7. The van der Waals surface area contributed by atoms with Crippen molar-refractivity contribution < 1.29 is 4.39 Å². The van der Waals surface area contributed by atoms with Crippen LogP contribution in [0.2, 0.25) is 0 Å². The minimum atomic E-state index is -0.307. The summed E-state index contributed by atoms with van der Waals surface area (Å²) in [6.07, 6.45) is 1.46. The molecule has 7 heteroatoms. The Morgan fingerprint density at radius 1 is 1.21 bits per heavy atom. The van der Waals surface area contributed by atoms with Gasteiger partial charge in [-0.1, -0.05) is 0 Å². The zero-order chi connectivity index (χ0) is 16.7. The van der Waals surface area contributed by atoms with Crippen LogP contribution in [0.1, 0.15) is 5.69 Å². The molecule has 6 nitrogen and oxygen atoms in total. The minimum Gasteiger partial charge on any atom is -0.355 e. The Labute approximate surface area is 137 Å². The number of aryl methyl sites for hydroxylation is 1. The van der Waals surface area contributed by atoms with E-state index < -0.39 is 0 Å². The Bertz CT molecular complexity index is 965. The lowest BCUT2D eigenvalue weighted by Crippen LogP contribution is -2.50. The van der Waals surface area contributed by atoms with Crippen molar-refractivity contribution in [1.29, 1.82) is 0 Å². The van der Waals surface area contributed by atoms with Crippen molar-refractivity contribution in [3.63, 3.8) is 0 Å². The predicted molar refractivity (Wildman–Crippen MR) is 88.4 cm³/mol. The number of benzene rings is 1. The Balaban J connectivity index is 1.52. The van der Waals surface area contributed by atoms with Crippen molar-refractivity contribution in [3.8, 4) is 0 Å². The van der Waals surface area contributed by atoms with E-state index in [2.05, 4.69) is 20.0 Å². The van der Waals surface area contributed by atoms with Crippen molar-refractivity contribution in [2.24, 2.45) is 5.92 Å². The first-order valence-corrected chi connectivity index (χ1v) is 7.80. The maximum absolute atomic E-state index is 13.3. The fourth-order valence-corrected chi connectivity index (χ4v) is 3.05. The SMILES string of the molecule is Cc1ccc(=O)n(CC2CN(c3ncnc4cc(F)ccc34)C2)n1. The molecular weight excluding hydrogens is 309 g/mol. The lowest BCUT2D eigenvalue weighted by atomic mass is 9.99. The Hall–Kier alpha value is -2.83. The van der Waals surface area contributed by atoms with E-state index >= 15 is 0 Å². The van der Waals surface area contributed by atoms with Gasteiger partial charge in [-0.2, -0.15) is 5.10 Å². The van der Waals surface area contributed by atoms with Crippen LogP contribution in [0.4, 0.5) is 10.2 Å². The number of aromatic nitrogens is 4. The highest BCUT2D eigenvalue weighted by atomic mass is 19.1. The van der Waals surface area contributed by atoms with Gasteiger partial charge in [0.2, 0.25) is 0 Å². The molecule has 4 rings (SSSR count). The average Bonchev–Trinajstić information content (AvgIpc) is 2.53. The smallest absolute Gasteiger partial charge is 0.266 e. The molecule has 1 aromatic carbocycles. The van der Waals surface area contributed by atoms with Crippen LogP contribution >= 0.6 is 0 Å². The summed E-state index contributed by atoms with van der Waals surface area (Å²) in [4.78, 5) is 22.4. The highest BCUT2D eigenvalue weighted by Gasteiger charge is 2.29. The molecule has 3 heterocycles. The third kappa shape index (κ3) is 2.62. The summed E-state index contributed by atoms with van der Waals surface area (Å²) >= 11 is 0. The normalized spacial score (nSPS) is 14.8. The molecule has 1 aliphatic heterocycles. The summed E-state index contributed by atoms with van der Waals surface area (Å²) in [5.41, 5.74) is 1.34. The number of fused-ring (bicyclic) bond motifs is 1. The topological polar surface area (TPSA) is 63.9 Å². The Kier molecular flexibility index (Phi) is 3.48. The molecule has 0 amide bonds. The monoisotopic (exact) mass is 325 g/mol. The molecule has 0 aliphatic carbocycles. The Morgan fingerprint density at radius 2 is 2.04 bits per heavy atom. The van der Waals surface area contributed by atoms with Crippen molar-refractivity contribution >= 4 is 16.7 Å². The van der Waals surface area contributed by atoms with E-state index in [1.807, 2.05) is 6.92 Å². The maximum Gasteiger partial charge on any atom is 0.266 e. The van der Waals surface area contributed by atoms with E-state index in [1.165, 1.54) is 23.1 Å². The number of hydrogen-bond acceptors (Lipinski definition) is 5. The van der Waals surface area contributed by atoms with Crippen LogP contribution in [0.25, 0.3) is 10.9 Å². The molecule has 0 N–H and O–H groups in total. The number of halogens is 1. The second kappa shape index (κ2) is 5.67. The molecule has 122 valence electrons. The predicted octanol–water partition coefficient (Wildman–Crippen LogP) is 1.77. The summed E-state index contributed by atoms with van der Waals surface area (Å²) in [6.45, 7) is 4.03. The summed E-state index contributed by atoms with van der Waals surface area (Å²) in [7, 11) is 0. The van der Waals surface area contributed by atoms with Gasteiger partial charge in [-0.3, -0.25) is 4.79 Å². The third-order valence-electron chi connectivity index (χ3n) is 4.27. The van der Waals surface area contributed by atoms with Crippen LogP contribution < -0.4 is 10.5 Å². The number of hydrogen-bond donors (Lipinski definition) is 0. The second-order valence-corrected chi connectivity index (χ2v) is 6.12. The van der Waals surface area contributed by atoms with Gasteiger partial charge >= 0.3 is 0 Å². The van der Waals surface area contributed by atoms with E-state index in [1.54, 1.807) is 18.2 Å². The largest absolute Gasteiger partial charge is 0.355 e. The molecule has 24 heavy (non-hydrogen) atoms. The van der Waals surface area contributed by atoms with Crippen LogP contribution in [0.15, 0.2) is 41.5 Å². The molecule has 1 saturated heterocycles. The van der Waals surface area contributed by atoms with Gasteiger partial charge in [-0.15, -0.1) is 0 Å². The van der Waals surface area contributed by atoms with E-state index in [9.17, 15) is 9.18 Å². The van der Waals surface area contributed by atoms with Crippen molar-refractivity contribution in [3.05, 3.63) is 58.5 Å². The molecule has 3 aromatic rings. The van der Waals surface area contributed by atoms with Gasteiger partial charge in [0, 0.05) is 36.5 Å². The molecule has 2 aromatic heterocycles. The molecule has 1 aliphatic rings.